The number of rotatable bonds is 4. The maximum absolute atomic E-state index is 11.7. The number of aromatic nitrogens is 2. The van der Waals surface area contributed by atoms with Crippen molar-refractivity contribution in [2.45, 2.75) is 50.2 Å². The standard InChI is InChI=1S/C14H22N4O3/c1-20-14(5-3-2-4-6-14)13-17-11(21-18-13)9-10-12(19)16-8-7-15-10/h10,15H,2-9H2,1H3,(H,16,19). The molecule has 2 fully saturated rings. The highest BCUT2D eigenvalue weighted by Gasteiger charge is 2.38. The van der Waals surface area contributed by atoms with Gasteiger partial charge in [0.15, 0.2) is 0 Å². The Hall–Kier alpha value is -1.47. The monoisotopic (exact) mass is 294 g/mol. The van der Waals surface area contributed by atoms with Gasteiger partial charge in [-0.25, -0.2) is 0 Å². The van der Waals surface area contributed by atoms with Gasteiger partial charge in [0.1, 0.15) is 5.60 Å². The quantitative estimate of drug-likeness (QED) is 0.841. The van der Waals surface area contributed by atoms with Gasteiger partial charge in [-0.05, 0) is 12.8 Å². The maximum atomic E-state index is 11.7. The van der Waals surface area contributed by atoms with E-state index < -0.39 is 5.60 Å². The fourth-order valence-corrected chi connectivity index (χ4v) is 3.15. The minimum atomic E-state index is -0.414. The summed E-state index contributed by atoms with van der Waals surface area (Å²) < 4.78 is 11.0. The molecule has 1 aliphatic heterocycles. The molecular formula is C14H22N4O3. The predicted molar refractivity (Wildman–Crippen MR) is 74.6 cm³/mol. The lowest BCUT2D eigenvalue weighted by molar-refractivity contribution is -0.124. The second kappa shape index (κ2) is 6.11. The predicted octanol–water partition coefficient (Wildman–Crippen LogP) is 0.506. The van der Waals surface area contributed by atoms with Gasteiger partial charge < -0.3 is 19.9 Å². The summed E-state index contributed by atoms with van der Waals surface area (Å²) in [6, 6.07) is -0.295. The number of amides is 1. The summed E-state index contributed by atoms with van der Waals surface area (Å²) in [6.45, 7) is 1.43. The van der Waals surface area contributed by atoms with Crippen LogP contribution in [0.25, 0.3) is 0 Å². The third-order valence-corrected chi connectivity index (χ3v) is 4.44. The molecule has 0 radical (unpaired) electrons. The zero-order valence-corrected chi connectivity index (χ0v) is 12.4. The van der Waals surface area contributed by atoms with Gasteiger partial charge >= 0.3 is 0 Å². The SMILES string of the molecule is COC1(c2noc(CC3NCCNC3=O)n2)CCCCC1. The van der Waals surface area contributed by atoms with Crippen LogP contribution in [0.3, 0.4) is 0 Å². The van der Waals surface area contributed by atoms with Gasteiger partial charge in [0.2, 0.25) is 17.6 Å². The molecule has 1 aliphatic carbocycles. The smallest absolute Gasteiger partial charge is 0.237 e. The maximum Gasteiger partial charge on any atom is 0.237 e. The molecule has 1 saturated carbocycles. The van der Waals surface area contributed by atoms with Crippen molar-refractivity contribution in [2.24, 2.45) is 0 Å². The van der Waals surface area contributed by atoms with Crippen LogP contribution in [0.1, 0.15) is 43.8 Å². The molecule has 3 rings (SSSR count). The molecule has 2 N–H and O–H groups in total. The fraction of sp³-hybridized carbons (Fsp3) is 0.786. The van der Waals surface area contributed by atoms with Gasteiger partial charge in [0.25, 0.3) is 0 Å². The third kappa shape index (κ3) is 2.94. The highest BCUT2D eigenvalue weighted by atomic mass is 16.5. The summed E-state index contributed by atoms with van der Waals surface area (Å²) in [4.78, 5) is 16.2. The zero-order valence-electron chi connectivity index (χ0n) is 12.4. The number of piperazine rings is 1. The molecule has 1 atom stereocenters. The van der Waals surface area contributed by atoms with Crippen LogP contribution in [0.4, 0.5) is 0 Å². The van der Waals surface area contributed by atoms with Crippen molar-refractivity contribution in [2.75, 3.05) is 20.2 Å². The Labute approximate surface area is 123 Å². The molecule has 1 aromatic heterocycles. The van der Waals surface area contributed by atoms with Crippen LogP contribution in [0.2, 0.25) is 0 Å². The molecule has 21 heavy (non-hydrogen) atoms. The topological polar surface area (TPSA) is 89.3 Å². The first kappa shape index (κ1) is 14.5. The van der Waals surface area contributed by atoms with E-state index in [2.05, 4.69) is 20.8 Å². The van der Waals surface area contributed by atoms with Crippen LogP contribution in [0, 0.1) is 0 Å². The molecule has 0 bridgehead atoms. The number of carbonyl (C=O) groups excluding carboxylic acids is 1. The molecule has 116 valence electrons. The number of ether oxygens (including phenoxy) is 1. The Morgan fingerprint density at radius 2 is 2.14 bits per heavy atom. The molecule has 1 aromatic rings. The summed E-state index contributed by atoms with van der Waals surface area (Å²) in [7, 11) is 1.71. The van der Waals surface area contributed by atoms with Crippen LogP contribution in [0.5, 0.6) is 0 Å². The van der Waals surface area contributed by atoms with E-state index in [9.17, 15) is 4.79 Å². The number of nitrogens with zero attached hydrogens (tertiary/aromatic N) is 2. The van der Waals surface area contributed by atoms with Gasteiger partial charge in [-0.2, -0.15) is 4.98 Å². The molecular weight excluding hydrogens is 272 g/mol. The number of nitrogens with one attached hydrogen (secondary N) is 2. The Kier molecular flexibility index (Phi) is 4.21. The molecule has 7 heteroatoms. The number of hydrogen-bond donors (Lipinski definition) is 2. The molecule has 2 aliphatic rings. The van der Waals surface area contributed by atoms with Crippen LogP contribution in [0.15, 0.2) is 4.52 Å². The molecule has 1 unspecified atom stereocenters. The minimum Gasteiger partial charge on any atom is -0.370 e. The normalized spacial score (nSPS) is 25.6. The Bertz CT molecular complexity index is 496. The Balaban J connectivity index is 1.71. The van der Waals surface area contributed by atoms with E-state index in [1.165, 1.54) is 6.42 Å². The first-order valence-corrected chi connectivity index (χ1v) is 7.63. The van der Waals surface area contributed by atoms with E-state index in [0.717, 1.165) is 32.2 Å². The highest BCUT2D eigenvalue weighted by Crippen LogP contribution is 2.38. The van der Waals surface area contributed by atoms with Crippen molar-refractivity contribution in [3.8, 4) is 0 Å². The van der Waals surface area contributed by atoms with Crippen molar-refractivity contribution in [3.63, 3.8) is 0 Å². The molecule has 1 saturated heterocycles. The Morgan fingerprint density at radius 3 is 2.86 bits per heavy atom. The van der Waals surface area contributed by atoms with Crippen LogP contribution in [-0.2, 0) is 21.6 Å². The first-order valence-electron chi connectivity index (χ1n) is 7.63. The van der Waals surface area contributed by atoms with Crippen molar-refractivity contribution in [1.29, 1.82) is 0 Å². The summed E-state index contributed by atoms with van der Waals surface area (Å²) in [6.07, 6.45) is 5.71. The lowest BCUT2D eigenvalue weighted by atomic mass is 9.84. The van der Waals surface area contributed by atoms with E-state index >= 15 is 0 Å². The minimum absolute atomic E-state index is 0.0138. The van der Waals surface area contributed by atoms with Crippen molar-refractivity contribution < 1.29 is 14.1 Å². The zero-order chi connectivity index (χ0) is 14.7. The van der Waals surface area contributed by atoms with Gasteiger partial charge in [0, 0.05) is 20.2 Å². The average Bonchev–Trinajstić information content (AvgIpc) is 2.99. The van der Waals surface area contributed by atoms with E-state index in [1.54, 1.807) is 7.11 Å². The molecule has 7 nitrogen and oxygen atoms in total. The second-order valence-corrected chi connectivity index (χ2v) is 5.77. The average molecular weight is 294 g/mol. The fourth-order valence-electron chi connectivity index (χ4n) is 3.15. The van der Waals surface area contributed by atoms with Crippen LogP contribution >= 0.6 is 0 Å². The van der Waals surface area contributed by atoms with Crippen molar-refractivity contribution in [3.05, 3.63) is 11.7 Å². The number of methoxy groups -OCH3 is 1. The van der Waals surface area contributed by atoms with E-state index in [-0.39, 0.29) is 11.9 Å². The van der Waals surface area contributed by atoms with Crippen molar-refractivity contribution >= 4 is 5.91 Å². The van der Waals surface area contributed by atoms with E-state index in [0.29, 0.717) is 24.7 Å². The van der Waals surface area contributed by atoms with Crippen LogP contribution in [-0.4, -0.2) is 42.3 Å². The molecule has 0 aromatic carbocycles. The third-order valence-electron chi connectivity index (χ3n) is 4.44. The summed E-state index contributed by atoms with van der Waals surface area (Å²) in [5, 5.41) is 10.1. The lowest BCUT2D eigenvalue weighted by Crippen LogP contribution is -2.53. The molecule has 2 heterocycles. The first-order chi connectivity index (χ1) is 10.2. The summed E-state index contributed by atoms with van der Waals surface area (Å²) in [5.41, 5.74) is -0.414. The van der Waals surface area contributed by atoms with Crippen molar-refractivity contribution in [1.82, 2.24) is 20.8 Å². The number of carbonyl (C=O) groups is 1. The largest absolute Gasteiger partial charge is 0.370 e. The van der Waals surface area contributed by atoms with Crippen LogP contribution < -0.4 is 10.6 Å². The Morgan fingerprint density at radius 1 is 1.33 bits per heavy atom. The summed E-state index contributed by atoms with van der Waals surface area (Å²) >= 11 is 0. The molecule has 0 spiro atoms. The van der Waals surface area contributed by atoms with E-state index in [4.69, 9.17) is 9.26 Å². The van der Waals surface area contributed by atoms with Gasteiger partial charge in [0.05, 0.1) is 12.5 Å². The van der Waals surface area contributed by atoms with Gasteiger partial charge in [-0.15, -0.1) is 0 Å². The number of hydrogen-bond acceptors (Lipinski definition) is 6. The van der Waals surface area contributed by atoms with Gasteiger partial charge in [-0.1, -0.05) is 24.4 Å². The van der Waals surface area contributed by atoms with Gasteiger partial charge in [-0.3, -0.25) is 4.79 Å². The summed E-state index contributed by atoms with van der Waals surface area (Å²) in [5.74, 6) is 1.09. The lowest BCUT2D eigenvalue weighted by Gasteiger charge is -2.32. The second-order valence-electron chi connectivity index (χ2n) is 5.77. The highest BCUT2D eigenvalue weighted by molar-refractivity contribution is 5.82. The molecule has 1 amide bonds. The van der Waals surface area contributed by atoms with E-state index in [1.807, 2.05) is 0 Å².